The molecule has 268 valence electrons. The van der Waals surface area contributed by atoms with Crippen LogP contribution in [0.5, 0.6) is 0 Å². The number of allylic oxidation sites excluding steroid dienone is 4. The van der Waals surface area contributed by atoms with E-state index in [1.807, 2.05) is 54.6 Å². The van der Waals surface area contributed by atoms with Crippen molar-refractivity contribution in [2.24, 2.45) is 11.7 Å². The van der Waals surface area contributed by atoms with Gasteiger partial charge in [-0.2, -0.15) is 5.10 Å². The molecule has 2 aliphatic rings. The third-order valence-corrected chi connectivity index (χ3v) is 9.19. The fraction of sp³-hybridized carbons (Fsp3) is 0.541. The molecule has 0 spiro atoms. The number of unbranched alkanes of at least 4 members (excludes halogenated alkanes) is 1. The maximum absolute atomic E-state index is 12.7. The van der Waals surface area contributed by atoms with Crippen LogP contribution < -0.4 is 16.0 Å². The largest absolute Gasteiger partial charge is 0.481 e. The second-order valence-corrected chi connectivity index (χ2v) is 12.8. The highest BCUT2D eigenvalue weighted by Crippen LogP contribution is 2.32. The van der Waals surface area contributed by atoms with E-state index in [1.54, 1.807) is 0 Å². The lowest BCUT2D eigenvalue weighted by Gasteiger charge is -2.37. The number of nitrogens with one attached hydrogen (secondary N) is 1. The number of hydrogen-bond acceptors (Lipinski definition) is 8. The Kier molecular flexibility index (Phi) is 16.2. The van der Waals surface area contributed by atoms with E-state index >= 15 is 0 Å². The van der Waals surface area contributed by atoms with E-state index in [-0.39, 0.29) is 18.2 Å². The van der Waals surface area contributed by atoms with E-state index in [0.29, 0.717) is 57.9 Å². The number of anilines is 1. The zero-order chi connectivity index (χ0) is 35.8. The number of aldehydes is 1. The summed E-state index contributed by atoms with van der Waals surface area (Å²) in [4.78, 5) is 53.1. The molecule has 3 heterocycles. The minimum absolute atomic E-state index is 0.0176. The van der Waals surface area contributed by atoms with Gasteiger partial charge in [0.2, 0.25) is 12.3 Å². The predicted molar refractivity (Wildman–Crippen MR) is 193 cm³/mol. The minimum atomic E-state index is -0.829. The predicted octanol–water partition coefficient (Wildman–Crippen LogP) is 3.95. The molecule has 4 rings (SSSR count). The van der Waals surface area contributed by atoms with Crippen LogP contribution >= 0.6 is 0 Å². The van der Waals surface area contributed by atoms with Crippen LogP contribution in [0.25, 0.3) is 5.69 Å². The Hall–Kier alpha value is -4.29. The molecule has 12 heteroatoms. The van der Waals surface area contributed by atoms with Crippen molar-refractivity contribution in [3.05, 3.63) is 65.1 Å². The highest BCUT2D eigenvalue weighted by molar-refractivity contribution is 5.77. The van der Waals surface area contributed by atoms with Crippen LogP contribution in [0.3, 0.4) is 0 Å². The maximum Gasteiger partial charge on any atom is 0.304 e. The van der Waals surface area contributed by atoms with Gasteiger partial charge < -0.3 is 35.7 Å². The SMILES string of the molecule is C/C=C\C=C(\CCC1CCN(CC(CC(=O)O)c2cc(N3CCN(C(=O)CCCC=O)CC3)cc(-n3nc(C)cc3C)c2)C1)NC=O.CN. The molecular weight excluding hydrogens is 622 g/mol. The van der Waals surface area contributed by atoms with Crippen LogP contribution in [0.1, 0.15) is 74.7 Å². The molecule has 0 aliphatic carbocycles. The maximum atomic E-state index is 12.7. The second kappa shape index (κ2) is 20.3. The number of aromatic nitrogens is 2. The van der Waals surface area contributed by atoms with Crippen molar-refractivity contribution in [1.29, 1.82) is 0 Å². The van der Waals surface area contributed by atoms with Gasteiger partial charge in [0.15, 0.2) is 0 Å². The van der Waals surface area contributed by atoms with Gasteiger partial charge in [-0.3, -0.25) is 14.4 Å². The van der Waals surface area contributed by atoms with Crippen molar-refractivity contribution in [2.45, 2.75) is 71.6 Å². The second-order valence-electron chi connectivity index (χ2n) is 12.8. The lowest BCUT2D eigenvalue weighted by Crippen LogP contribution is -2.48. The Morgan fingerprint density at radius 2 is 1.78 bits per heavy atom. The van der Waals surface area contributed by atoms with Crippen molar-refractivity contribution in [2.75, 3.05) is 57.8 Å². The number of likely N-dealkylation sites (tertiary alicyclic amines) is 1. The Morgan fingerprint density at radius 1 is 1.04 bits per heavy atom. The van der Waals surface area contributed by atoms with Crippen molar-refractivity contribution in [1.82, 2.24) is 24.9 Å². The molecule has 1 aromatic heterocycles. The van der Waals surface area contributed by atoms with Gasteiger partial charge in [-0.25, -0.2) is 4.68 Å². The van der Waals surface area contributed by atoms with Gasteiger partial charge in [0.25, 0.3) is 0 Å². The first-order chi connectivity index (χ1) is 23.7. The summed E-state index contributed by atoms with van der Waals surface area (Å²) in [6.07, 6.45) is 11.5. The molecule has 12 nitrogen and oxygen atoms in total. The average molecular weight is 678 g/mol. The van der Waals surface area contributed by atoms with Crippen molar-refractivity contribution < 1.29 is 24.3 Å². The first-order valence-corrected chi connectivity index (χ1v) is 17.4. The lowest BCUT2D eigenvalue weighted by atomic mass is 9.93. The molecule has 2 atom stereocenters. The lowest BCUT2D eigenvalue weighted by molar-refractivity contribution is -0.137. The van der Waals surface area contributed by atoms with Gasteiger partial charge in [-0.05, 0) is 102 Å². The van der Waals surface area contributed by atoms with Gasteiger partial charge in [0.05, 0.1) is 17.8 Å². The molecule has 2 unspecified atom stereocenters. The smallest absolute Gasteiger partial charge is 0.304 e. The third-order valence-electron chi connectivity index (χ3n) is 9.19. The average Bonchev–Trinajstić information content (AvgIpc) is 3.70. The summed E-state index contributed by atoms with van der Waals surface area (Å²) in [5.41, 5.74) is 10.2. The van der Waals surface area contributed by atoms with Crippen LogP contribution in [-0.4, -0.2) is 102 Å². The van der Waals surface area contributed by atoms with E-state index in [1.165, 1.54) is 7.05 Å². The van der Waals surface area contributed by atoms with Crippen LogP contribution in [0.2, 0.25) is 0 Å². The number of benzene rings is 1. The normalized spacial score (nSPS) is 17.5. The number of nitrogens with two attached hydrogens (primary N) is 1. The Labute approximate surface area is 291 Å². The summed E-state index contributed by atoms with van der Waals surface area (Å²) < 4.78 is 1.92. The number of aryl methyl sites for hydroxylation is 2. The number of piperazine rings is 1. The fourth-order valence-corrected chi connectivity index (χ4v) is 6.73. The fourth-order valence-electron chi connectivity index (χ4n) is 6.73. The molecule has 0 saturated carbocycles. The van der Waals surface area contributed by atoms with E-state index in [9.17, 15) is 24.3 Å². The third kappa shape index (κ3) is 12.0. The molecule has 49 heavy (non-hydrogen) atoms. The van der Waals surface area contributed by atoms with E-state index in [4.69, 9.17) is 5.10 Å². The topological polar surface area (TPSA) is 154 Å². The highest BCUT2D eigenvalue weighted by Gasteiger charge is 2.28. The number of rotatable bonds is 17. The Bertz CT molecular complexity index is 1440. The quantitative estimate of drug-likeness (QED) is 0.128. The molecule has 2 aliphatic heterocycles. The molecule has 4 N–H and O–H groups in total. The van der Waals surface area contributed by atoms with Gasteiger partial charge in [-0.1, -0.05) is 12.2 Å². The Balaban J connectivity index is 0.00000319. The van der Waals surface area contributed by atoms with Gasteiger partial charge in [-0.15, -0.1) is 0 Å². The summed E-state index contributed by atoms with van der Waals surface area (Å²) in [5, 5.41) is 17.5. The van der Waals surface area contributed by atoms with Gasteiger partial charge >= 0.3 is 5.97 Å². The van der Waals surface area contributed by atoms with Crippen LogP contribution in [0, 0.1) is 19.8 Å². The van der Waals surface area contributed by atoms with Crippen molar-refractivity contribution in [3.8, 4) is 5.69 Å². The number of nitrogens with zero attached hydrogens (tertiary/aromatic N) is 5. The van der Waals surface area contributed by atoms with E-state index in [0.717, 1.165) is 79.1 Å². The summed E-state index contributed by atoms with van der Waals surface area (Å²) in [6, 6.07) is 8.35. The molecule has 0 radical (unpaired) electrons. The zero-order valence-electron chi connectivity index (χ0n) is 29.6. The number of carbonyl (C=O) groups is 4. The molecule has 2 fully saturated rings. The van der Waals surface area contributed by atoms with Crippen molar-refractivity contribution in [3.63, 3.8) is 0 Å². The number of amides is 2. The molecule has 2 saturated heterocycles. The van der Waals surface area contributed by atoms with Crippen molar-refractivity contribution >= 4 is 30.3 Å². The summed E-state index contributed by atoms with van der Waals surface area (Å²) in [6.45, 7) is 10.9. The zero-order valence-corrected chi connectivity index (χ0v) is 29.6. The number of carbonyl (C=O) groups excluding carboxylic acids is 3. The molecule has 2 amide bonds. The highest BCUT2D eigenvalue weighted by atomic mass is 16.4. The summed E-state index contributed by atoms with van der Waals surface area (Å²) >= 11 is 0. The first kappa shape index (κ1) is 39.2. The number of hydrogen-bond donors (Lipinski definition) is 3. The molecular formula is C37H55N7O5. The van der Waals surface area contributed by atoms with Crippen LogP contribution in [0.15, 0.2) is 48.2 Å². The van der Waals surface area contributed by atoms with Gasteiger partial charge in [0, 0.05) is 75.1 Å². The van der Waals surface area contributed by atoms with Gasteiger partial charge in [0.1, 0.15) is 6.29 Å². The number of carboxylic acids is 1. The summed E-state index contributed by atoms with van der Waals surface area (Å²) in [5.74, 6) is -0.496. The van der Waals surface area contributed by atoms with E-state index < -0.39 is 5.97 Å². The monoisotopic (exact) mass is 677 g/mol. The molecule has 0 bridgehead atoms. The minimum Gasteiger partial charge on any atom is -0.481 e. The number of aliphatic carboxylic acids is 1. The molecule has 1 aromatic carbocycles. The number of carboxylic acid groups (broad SMARTS) is 1. The Morgan fingerprint density at radius 3 is 2.41 bits per heavy atom. The van der Waals surface area contributed by atoms with Crippen LogP contribution in [-0.2, 0) is 19.2 Å². The molecule has 2 aromatic rings. The standard InChI is InChI=1S/C36H50N6O5.CH5N/c1-4-5-8-32(37-26-44)11-10-29-12-13-39(24-29)25-31(22-36(46)47)30-20-33(23-34(21-30)42-28(3)19-27(2)38-42)40-14-16-41(17-15-40)35(45)9-6-7-18-43;1-2/h4-5,8,18-21,23,26,29,31H,6-7,9-17,22,24-25H2,1-3H3,(H,37,44)(H,46,47);2H2,1H3/b5-4-,32-8-;. The van der Waals surface area contributed by atoms with Crippen LogP contribution in [0.4, 0.5) is 5.69 Å². The first-order valence-electron chi connectivity index (χ1n) is 17.4. The van der Waals surface area contributed by atoms with E-state index in [2.05, 4.69) is 39.0 Å². The summed E-state index contributed by atoms with van der Waals surface area (Å²) in [7, 11) is 1.50.